The second-order valence-electron chi connectivity index (χ2n) is 3.62. The predicted molar refractivity (Wildman–Crippen MR) is 47.0 cm³/mol. The number of halogens is 3. The summed E-state index contributed by atoms with van der Waals surface area (Å²) in [5.41, 5.74) is -0.607. The summed E-state index contributed by atoms with van der Waals surface area (Å²) >= 11 is 0. The molecule has 2 nitrogen and oxygen atoms in total. The number of hydrogen-bond acceptors (Lipinski definition) is 1. The Balaban J connectivity index is 3.29. The molecule has 1 aromatic heterocycles. The number of rotatable bonds is 1. The van der Waals surface area contributed by atoms with Crippen molar-refractivity contribution in [2.45, 2.75) is 32.9 Å². The van der Waals surface area contributed by atoms with Crippen molar-refractivity contribution in [3.63, 3.8) is 0 Å². The summed E-state index contributed by atoms with van der Waals surface area (Å²) in [7, 11) is 1.60. The molecule has 80 valence electrons. The molecular formula is C9H13F3N2. The van der Waals surface area contributed by atoms with Gasteiger partial charge in [-0.25, -0.2) is 4.98 Å². The Morgan fingerprint density at radius 1 is 1.29 bits per heavy atom. The van der Waals surface area contributed by atoms with Crippen molar-refractivity contribution < 1.29 is 13.2 Å². The molecule has 0 saturated carbocycles. The highest BCUT2D eigenvalue weighted by Gasteiger charge is 2.37. The first-order chi connectivity index (χ1) is 6.25. The largest absolute Gasteiger partial charge is 0.435 e. The highest BCUT2D eigenvalue weighted by Crippen LogP contribution is 2.32. The summed E-state index contributed by atoms with van der Waals surface area (Å²) in [4.78, 5) is 3.62. The Hall–Kier alpha value is -1.00. The maximum Gasteiger partial charge on any atom is 0.435 e. The second-order valence-corrected chi connectivity index (χ2v) is 3.62. The lowest BCUT2D eigenvalue weighted by Gasteiger charge is -2.05. The SMILES string of the molecule is Cc1c(C(F)(F)F)nc(C(C)C)n1C. The lowest BCUT2D eigenvalue weighted by Crippen LogP contribution is -2.08. The Morgan fingerprint density at radius 3 is 2.00 bits per heavy atom. The van der Waals surface area contributed by atoms with Gasteiger partial charge < -0.3 is 4.57 Å². The van der Waals surface area contributed by atoms with E-state index in [1.54, 1.807) is 7.05 Å². The van der Waals surface area contributed by atoms with Gasteiger partial charge in [-0.05, 0) is 6.92 Å². The minimum absolute atomic E-state index is 0.00481. The molecular weight excluding hydrogens is 193 g/mol. The van der Waals surface area contributed by atoms with Crippen LogP contribution >= 0.6 is 0 Å². The standard InChI is InChI=1S/C9H13F3N2/c1-5(2)8-13-7(9(10,11)12)6(3)14(8)4/h5H,1-4H3. The zero-order valence-electron chi connectivity index (χ0n) is 8.61. The molecule has 0 unspecified atom stereocenters. The molecule has 0 N–H and O–H groups in total. The molecule has 0 saturated heterocycles. The van der Waals surface area contributed by atoms with Crippen LogP contribution in [-0.4, -0.2) is 9.55 Å². The molecule has 0 aliphatic rings. The van der Waals surface area contributed by atoms with Crippen LogP contribution in [0.2, 0.25) is 0 Å². The van der Waals surface area contributed by atoms with E-state index in [4.69, 9.17) is 0 Å². The molecule has 0 amide bonds. The van der Waals surface area contributed by atoms with E-state index < -0.39 is 11.9 Å². The van der Waals surface area contributed by atoms with Crippen molar-refractivity contribution in [1.29, 1.82) is 0 Å². The number of aromatic nitrogens is 2. The van der Waals surface area contributed by atoms with Crippen molar-refractivity contribution in [3.8, 4) is 0 Å². The van der Waals surface area contributed by atoms with Gasteiger partial charge >= 0.3 is 6.18 Å². The van der Waals surface area contributed by atoms with Gasteiger partial charge in [-0.3, -0.25) is 0 Å². The zero-order chi connectivity index (χ0) is 11.1. The van der Waals surface area contributed by atoms with Crippen molar-refractivity contribution in [2.75, 3.05) is 0 Å². The average Bonchev–Trinajstić information content (AvgIpc) is 2.28. The Kier molecular flexibility index (Phi) is 2.61. The number of hydrogen-bond donors (Lipinski definition) is 0. The summed E-state index contributed by atoms with van der Waals surface area (Å²) in [6.07, 6.45) is -4.35. The predicted octanol–water partition coefficient (Wildman–Crippen LogP) is 2.87. The summed E-state index contributed by atoms with van der Waals surface area (Å²) in [5.74, 6) is 0.463. The quantitative estimate of drug-likeness (QED) is 0.690. The molecule has 0 fully saturated rings. The van der Waals surface area contributed by atoms with Gasteiger partial charge in [-0.2, -0.15) is 13.2 Å². The summed E-state index contributed by atoms with van der Waals surface area (Å²) < 4.78 is 38.8. The van der Waals surface area contributed by atoms with Crippen molar-refractivity contribution in [2.24, 2.45) is 7.05 Å². The van der Waals surface area contributed by atoms with Gasteiger partial charge in [-0.15, -0.1) is 0 Å². The number of alkyl halides is 3. The maximum absolute atomic E-state index is 12.4. The summed E-state index contributed by atoms with van der Waals surface area (Å²) in [6, 6.07) is 0. The minimum atomic E-state index is -4.35. The van der Waals surface area contributed by atoms with Crippen LogP contribution in [0.25, 0.3) is 0 Å². The highest BCUT2D eigenvalue weighted by atomic mass is 19.4. The molecule has 1 aromatic rings. The van der Waals surface area contributed by atoms with Crippen molar-refractivity contribution >= 4 is 0 Å². The van der Waals surface area contributed by atoms with Crippen LogP contribution < -0.4 is 0 Å². The molecule has 1 heterocycles. The third kappa shape index (κ3) is 1.76. The summed E-state index contributed by atoms with van der Waals surface area (Å²) in [6.45, 7) is 5.07. The van der Waals surface area contributed by atoms with Crippen molar-refractivity contribution in [3.05, 3.63) is 17.2 Å². The lowest BCUT2D eigenvalue weighted by molar-refractivity contribution is -0.141. The average molecular weight is 206 g/mol. The maximum atomic E-state index is 12.4. The molecule has 5 heteroatoms. The third-order valence-electron chi connectivity index (χ3n) is 2.20. The molecule has 0 aromatic carbocycles. The van der Waals surface area contributed by atoms with Crippen LogP contribution in [0.1, 0.15) is 37.0 Å². The van der Waals surface area contributed by atoms with Gasteiger partial charge in [0.15, 0.2) is 5.69 Å². The molecule has 0 aliphatic heterocycles. The number of imidazole rings is 1. The fourth-order valence-electron chi connectivity index (χ4n) is 1.39. The van der Waals surface area contributed by atoms with Crippen LogP contribution in [0.4, 0.5) is 13.2 Å². The van der Waals surface area contributed by atoms with Crippen molar-refractivity contribution in [1.82, 2.24) is 9.55 Å². The van der Waals surface area contributed by atoms with Gasteiger partial charge in [-0.1, -0.05) is 13.8 Å². The van der Waals surface area contributed by atoms with E-state index in [0.717, 1.165) is 0 Å². The topological polar surface area (TPSA) is 17.8 Å². The molecule has 1 rings (SSSR count). The first kappa shape index (κ1) is 11.1. The molecule has 14 heavy (non-hydrogen) atoms. The van der Waals surface area contributed by atoms with E-state index in [1.165, 1.54) is 11.5 Å². The van der Waals surface area contributed by atoms with E-state index in [2.05, 4.69) is 4.98 Å². The molecule has 0 aliphatic carbocycles. The van der Waals surface area contributed by atoms with Gasteiger partial charge in [0, 0.05) is 18.7 Å². The third-order valence-corrected chi connectivity index (χ3v) is 2.20. The first-order valence-corrected chi connectivity index (χ1v) is 4.35. The highest BCUT2D eigenvalue weighted by molar-refractivity contribution is 5.19. The first-order valence-electron chi connectivity index (χ1n) is 4.35. The van der Waals surface area contributed by atoms with E-state index in [-0.39, 0.29) is 11.6 Å². The molecule has 0 bridgehead atoms. The monoisotopic (exact) mass is 206 g/mol. The Labute approximate surface area is 80.8 Å². The molecule has 0 radical (unpaired) electrons. The Morgan fingerprint density at radius 2 is 1.79 bits per heavy atom. The molecule has 0 spiro atoms. The van der Waals surface area contributed by atoms with Crippen LogP contribution in [0.3, 0.4) is 0 Å². The minimum Gasteiger partial charge on any atom is -0.335 e. The van der Waals surface area contributed by atoms with Gasteiger partial charge in [0.05, 0.1) is 0 Å². The fourth-order valence-corrected chi connectivity index (χ4v) is 1.39. The van der Waals surface area contributed by atoms with Crippen LogP contribution in [0.5, 0.6) is 0 Å². The number of nitrogens with zero attached hydrogens (tertiary/aromatic N) is 2. The second kappa shape index (κ2) is 3.29. The molecule has 0 atom stereocenters. The fraction of sp³-hybridized carbons (Fsp3) is 0.667. The van der Waals surface area contributed by atoms with Crippen LogP contribution in [-0.2, 0) is 13.2 Å². The van der Waals surface area contributed by atoms with Gasteiger partial charge in [0.25, 0.3) is 0 Å². The lowest BCUT2D eigenvalue weighted by atomic mass is 10.2. The van der Waals surface area contributed by atoms with Gasteiger partial charge in [0.1, 0.15) is 5.82 Å². The van der Waals surface area contributed by atoms with Crippen LogP contribution in [0.15, 0.2) is 0 Å². The van der Waals surface area contributed by atoms with Crippen LogP contribution in [0, 0.1) is 6.92 Å². The van der Waals surface area contributed by atoms with E-state index in [0.29, 0.717) is 5.82 Å². The smallest absolute Gasteiger partial charge is 0.335 e. The Bertz CT molecular complexity index is 337. The van der Waals surface area contributed by atoms with E-state index >= 15 is 0 Å². The summed E-state index contributed by atoms with van der Waals surface area (Å²) in [5, 5.41) is 0. The van der Waals surface area contributed by atoms with Gasteiger partial charge in [0.2, 0.25) is 0 Å². The zero-order valence-corrected chi connectivity index (χ0v) is 8.61. The normalized spacial score (nSPS) is 12.6. The van der Waals surface area contributed by atoms with E-state index in [9.17, 15) is 13.2 Å². The van der Waals surface area contributed by atoms with E-state index in [1.807, 2.05) is 13.8 Å².